The van der Waals surface area contributed by atoms with Gasteiger partial charge in [0.2, 0.25) is 11.8 Å². The number of pyridine rings is 1. The maximum absolute atomic E-state index is 12.5. The molecule has 1 aliphatic heterocycles. The number of hydrogen-bond acceptors (Lipinski definition) is 6. The molecule has 0 saturated carbocycles. The van der Waals surface area contributed by atoms with Crippen LogP contribution >= 0.6 is 0 Å². The first-order valence-corrected chi connectivity index (χ1v) is 10.1. The summed E-state index contributed by atoms with van der Waals surface area (Å²) < 4.78 is 26.7. The Balaban J connectivity index is 1.69. The minimum absolute atomic E-state index is 0.0514. The van der Waals surface area contributed by atoms with Crippen LogP contribution in [0.2, 0.25) is 0 Å². The quantitative estimate of drug-likeness (QED) is 0.812. The maximum atomic E-state index is 12.5. The van der Waals surface area contributed by atoms with E-state index in [-0.39, 0.29) is 35.5 Å². The van der Waals surface area contributed by atoms with Gasteiger partial charge in [0.1, 0.15) is 16.7 Å². The van der Waals surface area contributed by atoms with E-state index in [0.29, 0.717) is 0 Å². The van der Waals surface area contributed by atoms with Crippen LogP contribution in [-0.2, 0) is 19.6 Å². The fourth-order valence-electron chi connectivity index (χ4n) is 3.07. The monoisotopic (exact) mass is 398 g/mol. The van der Waals surface area contributed by atoms with Crippen LogP contribution in [0, 0.1) is 17.2 Å². The van der Waals surface area contributed by atoms with Crippen molar-refractivity contribution < 1.29 is 18.0 Å². The standard InChI is InChI=1S/C19H18N4O4S/c1-13(14-5-3-2-4-6-14)23-12-15(9-18(23)24)19(25)22-28(26,27)17-8-7-16(10-20)21-11-17/h2-8,11,13,15H,9,12H2,1H3,(H,22,25). The normalized spacial score (nSPS) is 17.8. The Morgan fingerprint density at radius 3 is 2.61 bits per heavy atom. The van der Waals surface area contributed by atoms with Crippen LogP contribution in [0.3, 0.4) is 0 Å². The molecule has 1 fully saturated rings. The largest absolute Gasteiger partial charge is 0.335 e. The molecule has 1 N–H and O–H groups in total. The fourth-order valence-corrected chi connectivity index (χ4v) is 4.06. The molecule has 1 aromatic carbocycles. The van der Waals surface area contributed by atoms with Crippen molar-refractivity contribution in [3.63, 3.8) is 0 Å². The molecular weight excluding hydrogens is 380 g/mol. The number of amides is 2. The molecule has 2 atom stereocenters. The van der Waals surface area contributed by atoms with Gasteiger partial charge in [-0.2, -0.15) is 5.26 Å². The van der Waals surface area contributed by atoms with Gasteiger partial charge in [-0.05, 0) is 24.6 Å². The molecule has 1 aliphatic rings. The van der Waals surface area contributed by atoms with E-state index in [1.807, 2.05) is 42.0 Å². The summed E-state index contributed by atoms with van der Waals surface area (Å²) in [5.74, 6) is -1.70. The highest BCUT2D eigenvalue weighted by Gasteiger charge is 2.38. The molecule has 2 heterocycles. The van der Waals surface area contributed by atoms with E-state index in [4.69, 9.17) is 5.26 Å². The smallest absolute Gasteiger partial charge is 0.265 e. The number of nitrogens with one attached hydrogen (secondary N) is 1. The van der Waals surface area contributed by atoms with Crippen molar-refractivity contribution in [2.45, 2.75) is 24.3 Å². The average Bonchev–Trinajstić information content (AvgIpc) is 3.09. The second-order valence-corrected chi connectivity index (χ2v) is 8.18. The summed E-state index contributed by atoms with van der Waals surface area (Å²) in [6, 6.07) is 13.4. The highest BCUT2D eigenvalue weighted by atomic mass is 32.2. The molecule has 144 valence electrons. The third-order valence-corrected chi connectivity index (χ3v) is 6.01. The van der Waals surface area contributed by atoms with Crippen LogP contribution in [0.5, 0.6) is 0 Å². The van der Waals surface area contributed by atoms with Gasteiger partial charge < -0.3 is 4.90 Å². The van der Waals surface area contributed by atoms with Gasteiger partial charge in [-0.1, -0.05) is 30.3 Å². The van der Waals surface area contributed by atoms with E-state index in [1.54, 1.807) is 11.0 Å². The second kappa shape index (κ2) is 7.78. The summed E-state index contributed by atoms with van der Waals surface area (Å²) in [7, 11) is -4.13. The molecule has 0 bridgehead atoms. The van der Waals surface area contributed by atoms with Gasteiger partial charge >= 0.3 is 0 Å². The van der Waals surface area contributed by atoms with Crippen molar-refractivity contribution >= 4 is 21.8 Å². The van der Waals surface area contributed by atoms with E-state index >= 15 is 0 Å². The molecule has 0 spiro atoms. The zero-order chi connectivity index (χ0) is 20.3. The number of likely N-dealkylation sites (tertiary alicyclic amines) is 1. The summed E-state index contributed by atoms with van der Waals surface area (Å²) in [4.78, 5) is 29.9. The lowest BCUT2D eigenvalue weighted by Crippen LogP contribution is -2.37. The maximum Gasteiger partial charge on any atom is 0.265 e. The Morgan fingerprint density at radius 2 is 2.00 bits per heavy atom. The minimum atomic E-state index is -4.13. The third kappa shape index (κ3) is 4.02. The molecule has 2 aromatic rings. The number of carbonyl (C=O) groups excluding carboxylic acids is 2. The number of nitriles is 1. The predicted molar refractivity (Wildman–Crippen MR) is 99.0 cm³/mol. The Kier molecular flexibility index (Phi) is 5.42. The average molecular weight is 398 g/mol. The van der Waals surface area contributed by atoms with Crippen molar-refractivity contribution in [2.75, 3.05) is 6.54 Å². The predicted octanol–water partition coefficient (Wildman–Crippen LogP) is 1.37. The van der Waals surface area contributed by atoms with Gasteiger partial charge in [0.15, 0.2) is 0 Å². The number of carbonyl (C=O) groups is 2. The first-order valence-electron chi connectivity index (χ1n) is 8.59. The topological polar surface area (TPSA) is 120 Å². The highest BCUT2D eigenvalue weighted by molar-refractivity contribution is 7.90. The Hall–Kier alpha value is -3.25. The molecule has 1 aromatic heterocycles. The molecule has 9 heteroatoms. The number of benzene rings is 1. The SMILES string of the molecule is CC(c1ccccc1)N1CC(C(=O)NS(=O)(=O)c2ccc(C#N)nc2)CC1=O. The minimum Gasteiger partial charge on any atom is -0.335 e. The Bertz CT molecular complexity index is 1030. The van der Waals surface area contributed by atoms with Gasteiger partial charge in [-0.15, -0.1) is 0 Å². The summed E-state index contributed by atoms with van der Waals surface area (Å²) in [5.41, 5.74) is 1.00. The molecule has 2 amide bonds. The fraction of sp³-hybridized carbons (Fsp3) is 0.263. The lowest BCUT2D eigenvalue weighted by atomic mass is 10.1. The first kappa shape index (κ1) is 19.5. The zero-order valence-electron chi connectivity index (χ0n) is 15.1. The molecule has 8 nitrogen and oxygen atoms in total. The van der Waals surface area contributed by atoms with E-state index in [1.165, 1.54) is 12.1 Å². The van der Waals surface area contributed by atoms with Crippen LogP contribution in [-0.4, -0.2) is 36.7 Å². The van der Waals surface area contributed by atoms with Crippen LogP contribution in [0.25, 0.3) is 0 Å². The Morgan fingerprint density at radius 1 is 1.29 bits per heavy atom. The van der Waals surface area contributed by atoms with E-state index < -0.39 is 21.8 Å². The molecule has 28 heavy (non-hydrogen) atoms. The molecule has 0 aliphatic carbocycles. The van der Waals surface area contributed by atoms with Crippen LogP contribution in [0.4, 0.5) is 0 Å². The van der Waals surface area contributed by atoms with Gasteiger partial charge in [0.25, 0.3) is 10.0 Å². The van der Waals surface area contributed by atoms with Gasteiger partial charge in [0, 0.05) is 19.2 Å². The molecule has 3 rings (SSSR count). The molecule has 0 radical (unpaired) electrons. The number of rotatable bonds is 5. The van der Waals surface area contributed by atoms with Crippen LogP contribution in [0.1, 0.15) is 30.6 Å². The molecule has 2 unspecified atom stereocenters. The third-order valence-electron chi connectivity index (χ3n) is 4.67. The van der Waals surface area contributed by atoms with E-state index in [9.17, 15) is 18.0 Å². The number of sulfonamides is 1. The van der Waals surface area contributed by atoms with E-state index in [2.05, 4.69) is 4.98 Å². The summed E-state index contributed by atoms with van der Waals surface area (Å²) in [5, 5.41) is 8.73. The summed E-state index contributed by atoms with van der Waals surface area (Å²) in [6.45, 7) is 2.01. The van der Waals surface area contributed by atoms with Crippen molar-refractivity contribution in [3.8, 4) is 6.07 Å². The number of hydrogen-bond donors (Lipinski definition) is 1. The van der Waals surface area contributed by atoms with Gasteiger partial charge in [-0.3, -0.25) is 9.59 Å². The second-order valence-electron chi connectivity index (χ2n) is 6.49. The van der Waals surface area contributed by atoms with Gasteiger partial charge in [-0.25, -0.2) is 18.1 Å². The first-order chi connectivity index (χ1) is 13.3. The summed E-state index contributed by atoms with van der Waals surface area (Å²) in [6.07, 6.45) is 0.960. The van der Waals surface area contributed by atoms with Gasteiger partial charge in [0.05, 0.1) is 12.0 Å². The van der Waals surface area contributed by atoms with Crippen molar-refractivity contribution in [1.82, 2.24) is 14.6 Å². The Labute approximate surface area is 162 Å². The zero-order valence-corrected chi connectivity index (χ0v) is 15.9. The van der Waals surface area contributed by atoms with Crippen molar-refractivity contribution in [2.24, 2.45) is 5.92 Å². The number of nitrogens with zero attached hydrogens (tertiary/aromatic N) is 3. The lowest BCUT2D eigenvalue weighted by Gasteiger charge is -2.25. The van der Waals surface area contributed by atoms with Crippen LogP contribution in [0.15, 0.2) is 53.6 Å². The molecular formula is C19H18N4O4S. The summed E-state index contributed by atoms with van der Waals surface area (Å²) >= 11 is 0. The van der Waals surface area contributed by atoms with Crippen molar-refractivity contribution in [1.29, 1.82) is 5.26 Å². The number of aromatic nitrogens is 1. The highest BCUT2D eigenvalue weighted by Crippen LogP contribution is 2.28. The molecule has 1 saturated heterocycles. The van der Waals surface area contributed by atoms with E-state index in [0.717, 1.165) is 11.8 Å². The van der Waals surface area contributed by atoms with Crippen LogP contribution < -0.4 is 4.72 Å². The van der Waals surface area contributed by atoms with Crippen molar-refractivity contribution in [3.05, 3.63) is 59.9 Å². The lowest BCUT2D eigenvalue weighted by molar-refractivity contribution is -0.130.